The van der Waals surface area contributed by atoms with Gasteiger partial charge in [-0.15, -0.1) is 0 Å². The van der Waals surface area contributed by atoms with E-state index < -0.39 is 11.6 Å². The van der Waals surface area contributed by atoms with Crippen LogP contribution in [-0.4, -0.2) is 11.0 Å². The van der Waals surface area contributed by atoms with Crippen LogP contribution in [0, 0.1) is 5.41 Å². The monoisotopic (exact) mass is 487 g/mol. The van der Waals surface area contributed by atoms with Crippen molar-refractivity contribution >= 4 is 55.8 Å². The molecule has 0 aliphatic heterocycles. The predicted octanol–water partition coefficient (Wildman–Crippen LogP) is 6.63. The zero-order valence-corrected chi connectivity index (χ0v) is 19.3. The summed E-state index contributed by atoms with van der Waals surface area (Å²) < 4.78 is 11.3. The number of hydrogen-bond donors (Lipinski definition) is 1. The predicted molar refractivity (Wildman–Crippen MR) is 127 cm³/mol. The number of thioether (sulfide) groups is 1. The first-order chi connectivity index (χ1) is 14.3. The molecule has 0 amide bonds. The molecule has 0 atom stereocenters. The molecule has 0 fully saturated rings. The average molecular weight is 488 g/mol. The lowest BCUT2D eigenvalue weighted by Gasteiger charge is -2.04. The van der Waals surface area contributed by atoms with Crippen LogP contribution in [0.4, 0.5) is 0 Å². The summed E-state index contributed by atoms with van der Waals surface area (Å²) in [6.07, 6.45) is 3.11. The standard InChI is InChI=1S/C20H14BrNO4S.C3H8/c1-12(23)25-16-7-4-14-10-17(20(24)26-18(14)11-16)19(22)27-9-8-13-2-5-15(21)6-3-13;1-3-2/h2-11,22H,1H3;3H2,1-2H3/b9-8+,22-19?;. The Bertz CT molecular complexity index is 1120. The summed E-state index contributed by atoms with van der Waals surface area (Å²) >= 11 is 4.50. The highest BCUT2D eigenvalue weighted by Gasteiger charge is 2.11. The van der Waals surface area contributed by atoms with Gasteiger partial charge in [0.05, 0.1) is 5.56 Å². The molecule has 0 spiro atoms. The van der Waals surface area contributed by atoms with E-state index in [1.54, 1.807) is 23.6 Å². The van der Waals surface area contributed by atoms with E-state index in [0.717, 1.165) is 21.8 Å². The van der Waals surface area contributed by atoms with Gasteiger partial charge < -0.3 is 9.15 Å². The molecule has 0 unspecified atom stereocenters. The maximum absolute atomic E-state index is 12.2. The Morgan fingerprint density at radius 2 is 1.83 bits per heavy atom. The van der Waals surface area contributed by atoms with Crippen molar-refractivity contribution in [3.8, 4) is 5.75 Å². The van der Waals surface area contributed by atoms with E-state index in [1.807, 2.05) is 30.3 Å². The Balaban J connectivity index is 0.00000101. The van der Waals surface area contributed by atoms with Crippen LogP contribution in [0.1, 0.15) is 38.3 Å². The van der Waals surface area contributed by atoms with E-state index in [-0.39, 0.29) is 10.6 Å². The van der Waals surface area contributed by atoms with Crippen molar-refractivity contribution in [1.82, 2.24) is 0 Å². The van der Waals surface area contributed by atoms with Crippen LogP contribution in [0.5, 0.6) is 5.75 Å². The summed E-state index contributed by atoms with van der Waals surface area (Å²) in [4.78, 5) is 23.2. The van der Waals surface area contributed by atoms with Crippen LogP contribution >= 0.6 is 27.7 Å². The highest BCUT2D eigenvalue weighted by atomic mass is 79.9. The number of ether oxygens (including phenoxy) is 1. The van der Waals surface area contributed by atoms with Crippen LogP contribution in [0.3, 0.4) is 0 Å². The molecule has 3 rings (SSSR count). The number of hydrogen-bond acceptors (Lipinski definition) is 6. The SMILES string of the molecule is CC(=O)Oc1ccc2cc(C(=N)S/C=C/c3ccc(Br)cc3)c(=O)oc2c1.CCC. The van der Waals surface area contributed by atoms with Gasteiger partial charge in [-0.2, -0.15) is 0 Å². The number of nitrogens with one attached hydrogen (secondary N) is 1. The van der Waals surface area contributed by atoms with Gasteiger partial charge in [-0.3, -0.25) is 10.2 Å². The lowest BCUT2D eigenvalue weighted by atomic mass is 10.2. The maximum Gasteiger partial charge on any atom is 0.346 e. The Labute approximate surface area is 187 Å². The average Bonchev–Trinajstić information content (AvgIpc) is 2.69. The molecule has 2 aromatic carbocycles. The summed E-state index contributed by atoms with van der Waals surface area (Å²) in [5, 5.41) is 10.6. The van der Waals surface area contributed by atoms with Gasteiger partial charge in [-0.1, -0.05) is 60.1 Å². The molecule has 7 heteroatoms. The highest BCUT2D eigenvalue weighted by Crippen LogP contribution is 2.22. The third-order valence-electron chi connectivity index (χ3n) is 3.53. The molecule has 0 radical (unpaired) electrons. The van der Waals surface area contributed by atoms with Gasteiger partial charge in [0.1, 0.15) is 16.4 Å². The molecule has 0 aliphatic carbocycles. The quantitative estimate of drug-likeness (QED) is 0.147. The normalized spacial score (nSPS) is 10.5. The third-order valence-corrected chi connectivity index (χ3v) is 4.79. The van der Waals surface area contributed by atoms with Gasteiger partial charge >= 0.3 is 11.6 Å². The molecule has 0 saturated carbocycles. The summed E-state index contributed by atoms with van der Waals surface area (Å²) in [7, 11) is 0. The maximum atomic E-state index is 12.2. The second-order valence-corrected chi connectivity index (χ2v) is 8.08. The van der Waals surface area contributed by atoms with Crippen molar-refractivity contribution in [3.05, 3.63) is 80.0 Å². The number of halogens is 1. The van der Waals surface area contributed by atoms with Crippen molar-refractivity contribution in [2.75, 3.05) is 0 Å². The van der Waals surface area contributed by atoms with Crippen LogP contribution in [-0.2, 0) is 4.79 Å². The summed E-state index contributed by atoms with van der Waals surface area (Å²) in [5.74, 6) is -0.156. The number of esters is 1. The van der Waals surface area contributed by atoms with Gasteiger partial charge in [0.15, 0.2) is 0 Å². The topological polar surface area (TPSA) is 80.4 Å². The molecule has 1 heterocycles. The van der Waals surface area contributed by atoms with Crippen LogP contribution in [0.15, 0.2) is 67.6 Å². The van der Waals surface area contributed by atoms with Gasteiger partial charge in [0, 0.05) is 22.8 Å². The van der Waals surface area contributed by atoms with Crippen LogP contribution in [0.2, 0.25) is 0 Å². The second-order valence-electron chi connectivity index (χ2n) is 6.25. The molecule has 3 aromatic rings. The first kappa shape index (κ1) is 23.6. The number of benzene rings is 2. The van der Waals surface area contributed by atoms with E-state index >= 15 is 0 Å². The number of rotatable bonds is 4. The molecular formula is C23H22BrNO4S. The van der Waals surface area contributed by atoms with E-state index in [1.165, 1.54) is 19.4 Å². The first-order valence-corrected chi connectivity index (χ1v) is 10.9. The van der Waals surface area contributed by atoms with Crippen molar-refractivity contribution in [3.63, 3.8) is 0 Å². The minimum absolute atomic E-state index is 0.0862. The molecule has 156 valence electrons. The van der Waals surface area contributed by atoms with Gasteiger partial charge in [0.2, 0.25) is 0 Å². The number of fused-ring (bicyclic) bond motifs is 1. The molecule has 0 saturated heterocycles. The summed E-state index contributed by atoms with van der Waals surface area (Å²) in [5.41, 5.74) is 0.845. The zero-order valence-electron chi connectivity index (χ0n) is 16.9. The molecule has 5 nitrogen and oxygen atoms in total. The zero-order chi connectivity index (χ0) is 22.1. The lowest BCUT2D eigenvalue weighted by Crippen LogP contribution is -2.11. The molecule has 1 N–H and O–H groups in total. The lowest BCUT2D eigenvalue weighted by molar-refractivity contribution is -0.131. The molecular weight excluding hydrogens is 466 g/mol. The summed E-state index contributed by atoms with van der Waals surface area (Å²) in [6.45, 7) is 5.55. The number of carbonyl (C=O) groups is 1. The largest absolute Gasteiger partial charge is 0.427 e. The minimum atomic E-state index is -0.614. The third kappa shape index (κ3) is 7.00. The summed E-state index contributed by atoms with van der Waals surface area (Å²) in [6, 6.07) is 14.1. The fourth-order valence-electron chi connectivity index (χ4n) is 2.30. The molecule has 1 aromatic heterocycles. The van der Waals surface area contributed by atoms with Gasteiger partial charge in [-0.05, 0) is 47.4 Å². The molecule has 30 heavy (non-hydrogen) atoms. The Kier molecular flexibility index (Phi) is 9.08. The van der Waals surface area contributed by atoms with E-state index in [0.29, 0.717) is 16.7 Å². The van der Waals surface area contributed by atoms with Crippen LogP contribution < -0.4 is 10.4 Å². The van der Waals surface area contributed by atoms with Crippen molar-refractivity contribution in [1.29, 1.82) is 5.41 Å². The molecule has 0 bridgehead atoms. The van der Waals surface area contributed by atoms with Crippen LogP contribution in [0.25, 0.3) is 17.0 Å². The van der Waals surface area contributed by atoms with E-state index in [2.05, 4.69) is 29.8 Å². The van der Waals surface area contributed by atoms with E-state index in [9.17, 15) is 9.59 Å². The van der Waals surface area contributed by atoms with E-state index in [4.69, 9.17) is 14.6 Å². The Morgan fingerprint density at radius 1 is 1.17 bits per heavy atom. The first-order valence-electron chi connectivity index (χ1n) is 9.28. The fourth-order valence-corrected chi connectivity index (χ4v) is 3.19. The van der Waals surface area contributed by atoms with Crippen molar-refractivity contribution in [2.24, 2.45) is 0 Å². The van der Waals surface area contributed by atoms with Gasteiger partial charge in [0.25, 0.3) is 0 Å². The number of carbonyl (C=O) groups excluding carboxylic acids is 1. The fraction of sp³-hybridized carbons (Fsp3) is 0.174. The Morgan fingerprint density at radius 3 is 2.47 bits per heavy atom. The minimum Gasteiger partial charge on any atom is -0.427 e. The smallest absolute Gasteiger partial charge is 0.346 e. The second kappa shape index (κ2) is 11.5. The highest BCUT2D eigenvalue weighted by molar-refractivity contribution is 9.10. The van der Waals surface area contributed by atoms with Gasteiger partial charge in [-0.25, -0.2) is 4.79 Å². The Hall–Kier alpha value is -2.64. The molecule has 0 aliphatic rings. The van der Waals surface area contributed by atoms with Crippen molar-refractivity contribution in [2.45, 2.75) is 27.2 Å². The van der Waals surface area contributed by atoms with Crippen molar-refractivity contribution < 1.29 is 13.9 Å².